The van der Waals surface area contributed by atoms with Crippen molar-refractivity contribution in [2.75, 3.05) is 0 Å². The van der Waals surface area contributed by atoms with E-state index >= 15 is 0 Å². The van der Waals surface area contributed by atoms with E-state index in [1.165, 1.54) is 0 Å². The zero-order valence-electron chi connectivity index (χ0n) is 13.7. The molecule has 0 saturated carbocycles. The molecule has 1 aromatic heterocycles. The number of nitrogens with two attached hydrogens (primary N) is 1. The van der Waals surface area contributed by atoms with Crippen LogP contribution in [0.2, 0.25) is 0 Å². The Kier molecular flexibility index (Phi) is 4.00. The van der Waals surface area contributed by atoms with Crippen molar-refractivity contribution in [1.29, 1.82) is 0 Å². The first-order valence-electron chi connectivity index (χ1n) is 8.11. The summed E-state index contributed by atoms with van der Waals surface area (Å²) in [6.07, 6.45) is 0.958. The highest BCUT2D eigenvalue weighted by atomic mass is 32.1. The van der Waals surface area contributed by atoms with Crippen LogP contribution in [-0.2, 0) is 21.6 Å². The fourth-order valence-corrected chi connectivity index (χ4v) is 3.87. The number of carbonyl (C=O) groups excluding carboxylic acids is 2. The molecule has 0 fully saturated rings. The molecule has 2 aromatic carbocycles. The Bertz CT molecular complexity index is 986. The standard InChI is InChI=1S/C19H15N3O3S/c20-18(24)19(11-10-12-6-4-5-9-14(12)19)25-17(23)16-15(21-22-26-16)13-7-2-1-3-8-13/h1-9H,10-11H2,(H2,20,24). The van der Waals surface area contributed by atoms with Crippen molar-refractivity contribution < 1.29 is 14.3 Å². The molecule has 130 valence electrons. The largest absolute Gasteiger partial charge is 0.440 e. The summed E-state index contributed by atoms with van der Waals surface area (Å²) in [7, 11) is 0. The van der Waals surface area contributed by atoms with Gasteiger partial charge in [-0.3, -0.25) is 4.79 Å². The monoisotopic (exact) mass is 365 g/mol. The minimum atomic E-state index is -1.45. The number of ether oxygens (including phenoxy) is 1. The lowest BCUT2D eigenvalue weighted by Crippen LogP contribution is -2.43. The van der Waals surface area contributed by atoms with Gasteiger partial charge < -0.3 is 10.5 Å². The van der Waals surface area contributed by atoms with Gasteiger partial charge in [0.1, 0.15) is 5.69 Å². The van der Waals surface area contributed by atoms with E-state index in [9.17, 15) is 9.59 Å². The molecule has 4 rings (SSSR count). The van der Waals surface area contributed by atoms with Gasteiger partial charge in [0.25, 0.3) is 5.91 Å². The van der Waals surface area contributed by atoms with Gasteiger partial charge in [-0.05, 0) is 23.5 Å². The van der Waals surface area contributed by atoms with Gasteiger partial charge in [-0.1, -0.05) is 59.1 Å². The number of carbonyl (C=O) groups is 2. The van der Waals surface area contributed by atoms with Crippen LogP contribution in [0.1, 0.15) is 27.2 Å². The van der Waals surface area contributed by atoms with Crippen molar-refractivity contribution in [2.45, 2.75) is 18.4 Å². The molecule has 0 bridgehead atoms. The molecule has 1 amide bonds. The summed E-state index contributed by atoms with van der Waals surface area (Å²) in [6, 6.07) is 16.6. The fourth-order valence-electron chi connectivity index (χ4n) is 3.30. The van der Waals surface area contributed by atoms with Crippen molar-refractivity contribution in [3.05, 3.63) is 70.6 Å². The Morgan fingerprint density at radius 1 is 1.08 bits per heavy atom. The lowest BCUT2D eigenvalue weighted by atomic mass is 9.95. The third-order valence-electron chi connectivity index (χ3n) is 4.58. The van der Waals surface area contributed by atoms with Gasteiger partial charge in [0.15, 0.2) is 4.88 Å². The number of rotatable bonds is 4. The average Bonchev–Trinajstić information content (AvgIpc) is 3.29. The smallest absolute Gasteiger partial charge is 0.353 e. The van der Waals surface area contributed by atoms with E-state index in [0.717, 1.165) is 22.7 Å². The number of benzene rings is 2. The molecular weight excluding hydrogens is 350 g/mol. The van der Waals surface area contributed by atoms with Crippen LogP contribution in [0, 0.1) is 0 Å². The topological polar surface area (TPSA) is 95.2 Å². The second-order valence-electron chi connectivity index (χ2n) is 6.05. The first kappa shape index (κ1) is 16.4. The number of primary amides is 1. The molecule has 2 N–H and O–H groups in total. The maximum Gasteiger partial charge on any atom is 0.353 e. The van der Waals surface area contributed by atoms with Crippen molar-refractivity contribution in [3.8, 4) is 11.3 Å². The van der Waals surface area contributed by atoms with Crippen molar-refractivity contribution in [3.63, 3.8) is 0 Å². The molecule has 6 nitrogen and oxygen atoms in total. The maximum absolute atomic E-state index is 12.9. The second-order valence-corrected chi connectivity index (χ2v) is 6.81. The highest BCUT2D eigenvalue weighted by Crippen LogP contribution is 2.41. The minimum Gasteiger partial charge on any atom is -0.440 e. The first-order valence-corrected chi connectivity index (χ1v) is 8.88. The van der Waals surface area contributed by atoms with Crippen molar-refractivity contribution >= 4 is 23.4 Å². The third-order valence-corrected chi connectivity index (χ3v) is 5.29. The SMILES string of the molecule is NC(=O)C1(OC(=O)c2snnc2-c2ccccc2)CCc2ccccc21. The van der Waals surface area contributed by atoms with Crippen molar-refractivity contribution in [2.24, 2.45) is 5.73 Å². The quantitative estimate of drug-likeness (QED) is 0.717. The Labute approximate surface area is 153 Å². The summed E-state index contributed by atoms with van der Waals surface area (Å²) in [5.41, 5.74) is 7.01. The summed E-state index contributed by atoms with van der Waals surface area (Å²) < 4.78 is 9.59. The predicted octanol–water partition coefficient (Wildman–Crippen LogP) is 2.69. The molecule has 1 unspecified atom stereocenters. The zero-order chi connectivity index (χ0) is 18.1. The van der Waals surface area contributed by atoms with E-state index in [0.29, 0.717) is 24.1 Å². The Hall–Kier alpha value is -3.06. The number of hydrogen-bond donors (Lipinski definition) is 1. The van der Waals surface area contributed by atoms with Gasteiger partial charge in [0.05, 0.1) is 0 Å². The van der Waals surface area contributed by atoms with E-state index in [4.69, 9.17) is 10.5 Å². The Morgan fingerprint density at radius 3 is 2.58 bits per heavy atom. The summed E-state index contributed by atoms with van der Waals surface area (Å²) in [5.74, 6) is -1.32. The Morgan fingerprint density at radius 2 is 1.81 bits per heavy atom. The number of amides is 1. The van der Waals surface area contributed by atoms with Gasteiger partial charge in [0.2, 0.25) is 5.60 Å². The molecular formula is C19H15N3O3S. The molecule has 0 aliphatic heterocycles. The van der Waals surface area contributed by atoms with Crippen molar-refractivity contribution in [1.82, 2.24) is 9.59 Å². The molecule has 0 saturated heterocycles. The van der Waals surface area contributed by atoms with Crippen LogP contribution in [0.25, 0.3) is 11.3 Å². The number of esters is 1. The van der Waals surface area contributed by atoms with E-state index < -0.39 is 17.5 Å². The van der Waals surface area contributed by atoms with E-state index in [1.807, 2.05) is 42.5 Å². The van der Waals surface area contributed by atoms with Gasteiger partial charge in [-0.25, -0.2) is 4.79 Å². The molecule has 1 aliphatic rings. The molecule has 7 heteroatoms. The van der Waals surface area contributed by atoms with E-state index in [2.05, 4.69) is 9.59 Å². The van der Waals surface area contributed by atoms with Gasteiger partial charge in [-0.2, -0.15) is 0 Å². The molecule has 1 heterocycles. The van der Waals surface area contributed by atoms with E-state index in [1.54, 1.807) is 12.1 Å². The molecule has 3 aromatic rings. The third kappa shape index (κ3) is 2.57. The van der Waals surface area contributed by atoms with Crippen LogP contribution in [0.5, 0.6) is 0 Å². The highest BCUT2D eigenvalue weighted by molar-refractivity contribution is 7.08. The van der Waals surface area contributed by atoms with Crippen LogP contribution in [0.4, 0.5) is 0 Å². The molecule has 0 radical (unpaired) electrons. The second kappa shape index (κ2) is 6.34. The normalized spacial score (nSPS) is 18.3. The lowest BCUT2D eigenvalue weighted by molar-refractivity contribution is -0.138. The summed E-state index contributed by atoms with van der Waals surface area (Å²) >= 11 is 0.940. The molecule has 1 atom stereocenters. The summed E-state index contributed by atoms with van der Waals surface area (Å²) in [6.45, 7) is 0. The lowest BCUT2D eigenvalue weighted by Gasteiger charge is -2.26. The average molecular weight is 365 g/mol. The fraction of sp³-hybridized carbons (Fsp3) is 0.158. The molecule has 26 heavy (non-hydrogen) atoms. The minimum absolute atomic E-state index is 0.251. The number of aromatic nitrogens is 2. The number of fused-ring (bicyclic) bond motifs is 1. The Balaban J connectivity index is 1.71. The van der Waals surface area contributed by atoms with Gasteiger partial charge in [0, 0.05) is 17.5 Å². The van der Waals surface area contributed by atoms with Crippen LogP contribution in [0.3, 0.4) is 0 Å². The van der Waals surface area contributed by atoms with E-state index in [-0.39, 0.29) is 4.88 Å². The van der Waals surface area contributed by atoms with Crippen LogP contribution < -0.4 is 5.73 Å². The zero-order valence-corrected chi connectivity index (χ0v) is 14.5. The summed E-state index contributed by atoms with van der Waals surface area (Å²) in [5, 5.41) is 4.05. The molecule has 0 spiro atoms. The van der Waals surface area contributed by atoms with Crippen LogP contribution >= 0.6 is 11.5 Å². The summed E-state index contributed by atoms with van der Waals surface area (Å²) in [4.78, 5) is 25.4. The molecule has 1 aliphatic carbocycles. The maximum atomic E-state index is 12.9. The predicted molar refractivity (Wildman–Crippen MR) is 96.4 cm³/mol. The number of nitrogens with zero attached hydrogens (tertiary/aromatic N) is 2. The number of aryl methyl sites for hydroxylation is 1. The highest BCUT2D eigenvalue weighted by Gasteiger charge is 2.48. The number of hydrogen-bond acceptors (Lipinski definition) is 6. The van der Waals surface area contributed by atoms with Crippen LogP contribution in [-0.4, -0.2) is 21.5 Å². The van der Waals surface area contributed by atoms with Gasteiger partial charge >= 0.3 is 5.97 Å². The van der Waals surface area contributed by atoms with Gasteiger partial charge in [-0.15, -0.1) is 5.10 Å². The van der Waals surface area contributed by atoms with Crippen LogP contribution in [0.15, 0.2) is 54.6 Å². The first-order chi connectivity index (χ1) is 12.6.